The lowest BCUT2D eigenvalue weighted by Crippen LogP contribution is -1.88. The second-order valence-corrected chi connectivity index (χ2v) is 5.92. The van der Waals surface area contributed by atoms with E-state index < -0.39 is 0 Å². The molecule has 4 nitrogen and oxygen atoms in total. The lowest BCUT2D eigenvalue weighted by molar-refractivity contribution is 1.30. The van der Waals surface area contributed by atoms with E-state index in [4.69, 9.17) is 5.73 Å². The molecule has 18 heavy (non-hydrogen) atoms. The summed E-state index contributed by atoms with van der Waals surface area (Å²) in [6, 6.07) is 9.74. The standard InChI is InChI=1S/C12H8BrIN4/c13-8-2-1-6(14)5-7(8)11-16-9-3-4-10(15)17-12(9)18-11/h1-5H,(H3,15,16,17,18). The molecule has 6 heteroatoms. The third kappa shape index (κ3) is 2.10. The van der Waals surface area contributed by atoms with E-state index in [0.717, 1.165) is 24.9 Å². The van der Waals surface area contributed by atoms with E-state index in [1.807, 2.05) is 18.2 Å². The Kier molecular flexibility index (Phi) is 2.98. The number of rotatable bonds is 1. The summed E-state index contributed by atoms with van der Waals surface area (Å²) in [4.78, 5) is 11.9. The lowest BCUT2D eigenvalue weighted by Gasteiger charge is -2.01. The molecular weight excluding hydrogens is 407 g/mol. The summed E-state index contributed by atoms with van der Waals surface area (Å²) in [5.74, 6) is 1.26. The average molecular weight is 415 g/mol. The van der Waals surface area contributed by atoms with Crippen LogP contribution in [0.4, 0.5) is 5.82 Å². The first-order valence-electron chi connectivity index (χ1n) is 5.21. The number of anilines is 1. The molecule has 0 amide bonds. The smallest absolute Gasteiger partial charge is 0.180 e. The number of benzene rings is 1. The number of pyridine rings is 1. The van der Waals surface area contributed by atoms with Crippen LogP contribution in [-0.2, 0) is 0 Å². The van der Waals surface area contributed by atoms with E-state index >= 15 is 0 Å². The average Bonchev–Trinajstić information content (AvgIpc) is 2.74. The van der Waals surface area contributed by atoms with Crippen LogP contribution in [-0.4, -0.2) is 15.0 Å². The van der Waals surface area contributed by atoms with E-state index in [2.05, 4.69) is 59.5 Å². The maximum atomic E-state index is 5.65. The predicted molar refractivity (Wildman–Crippen MR) is 84.2 cm³/mol. The predicted octanol–water partition coefficient (Wildman–Crippen LogP) is 3.57. The molecule has 3 N–H and O–H groups in total. The van der Waals surface area contributed by atoms with Crippen LogP contribution in [0.15, 0.2) is 34.8 Å². The number of halogens is 2. The van der Waals surface area contributed by atoms with Gasteiger partial charge in [0.1, 0.15) is 11.6 Å². The van der Waals surface area contributed by atoms with Crippen LogP contribution in [0, 0.1) is 3.57 Å². The van der Waals surface area contributed by atoms with Gasteiger partial charge in [0.2, 0.25) is 0 Å². The Labute approximate surface area is 125 Å². The van der Waals surface area contributed by atoms with Crippen molar-refractivity contribution in [3.63, 3.8) is 0 Å². The third-order valence-corrected chi connectivity index (χ3v) is 3.91. The minimum absolute atomic E-state index is 0.474. The van der Waals surface area contributed by atoms with Gasteiger partial charge in [-0.1, -0.05) is 15.9 Å². The minimum Gasteiger partial charge on any atom is -0.384 e. The van der Waals surface area contributed by atoms with Crippen LogP contribution in [0.5, 0.6) is 0 Å². The van der Waals surface area contributed by atoms with E-state index in [1.54, 1.807) is 6.07 Å². The van der Waals surface area contributed by atoms with Gasteiger partial charge in [0.25, 0.3) is 0 Å². The Hall–Kier alpha value is -1.15. The van der Waals surface area contributed by atoms with Gasteiger partial charge in [0, 0.05) is 13.6 Å². The van der Waals surface area contributed by atoms with Gasteiger partial charge in [-0.3, -0.25) is 0 Å². The number of H-pyrrole nitrogens is 1. The van der Waals surface area contributed by atoms with Crippen molar-refractivity contribution in [3.8, 4) is 11.4 Å². The molecule has 0 aliphatic heterocycles. The summed E-state index contributed by atoms with van der Waals surface area (Å²) < 4.78 is 2.15. The van der Waals surface area contributed by atoms with Crippen molar-refractivity contribution in [1.82, 2.24) is 15.0 Å². The summed E-state index contributed by atoms with van der Waals surface area (Å²) >= 11 is 5.80. The fourth-order valence-electron chi connectivity index (χ4n) is 1.71. The van der Waals surface area contributed by atoms with Crippen LogP contribution in [0.2, 0.25) is 0 Å². The molecule has 2 aromatic heterocycles. The summed E-state index contributed by atoms with van der Waals surface area (Å²) in [7, 11) is 0. The Balaban J connectivity index is 2.22. The van der Waals surface area contributed by atoms with E-state index in [9.17, 15) is 0 Å². The van der Waals surface area contributed by atoms with Crippen molar-refractivity contribution in [2.75, 3.05) is 5.73 Å². The van der Waals surface area contributed by atoms with Crippen molar-refractivity contribution in [1.29, 1.82) is 0 Å². The largest absolute Gasteiger partial charge is 0.384 e. The van der Waals surface area contributed by atoms with Crippen molar-refractivity contribution in [2.45, 2.75) is 0 Å². The first kappa shape index (κ1) is 11.9. The number of hydrogen-bond donors (Lipinski definition) is 2. The fraction of sp³-hybridized carbons (Fsp3) is 0. The molecule has 2 heterocycles. The summed E-state index contributed by atoms with van der Waals surface area (Å²) in [5.41, 5.74) is 8.18. The number of hydrogen-bond acceptors (Lipinski definition) is 3. The SMILES string of the molecule is Nc1ccc2[nH]c(-c3cc(I)ccc3Br)nc2n1. The van der Waals surface area contributed by atoms with Crippen LogP contribution in [0.1, 0.15) is 0 Å². The zero-order valence-electron chi connectivity index (χ0n) is 9.11. The molecule has 90 valence electrons. The van der Waals surface area contributed by atoms with Crippen LogP contribution in [0.3, 0.4) is 0 Å². The number of aromatic amines is 1. The second kappa shape index (κ2) is 4.51. The second-order valence-electron chi connectivity index (χ2n) is 3.82. The highest BCUT2D eigenvalue weighted by Gasteiger charge is 2.10. The summed E-state index contributed by atoms with van der Waals surface area (Å²) in [6.45, 7) is 0. The monoisotopic (exact) mass is 414 g/mol. The number of imidazole rings is 1. The number of nitrogens with zero attached hydrogens (tertiary/aromatic N) is 2. The Morgan fingerprint density at radius 3 is 2.83 bits per heavy atom. The number of fused-ring (bicyclic) bond motifs is 1. The molecule has 0 saturated carbocycles. The van der Waals surface area contributed by atoms with Gasteiger partial charge in [0.15, 0.2) is 5.65 Å². The molecule has 0 bridgehead atoms. The summed E-state index contributed by atoms with van der Waals surface area (Å²) in [5, 5.41) is 0. The highest BCUT2D eigenvalue weighted by atomic mass is 127. The van der Waals surface area contributed by atoms with E-state index in [0.29, 0.717) is 11.5 Å². The number of nitrogens with one attached hydrogen (secondary N) is 1. The maximum absolute atomic E-state index is 5.65. The molecular formula is C12H8BrIN4. The van der Waals surface area contributed by atoms with Gasteiger partial charge in [-0.15, -0.1) is 0 Å². The molecule has 3 rings (SSSR count). The van der Waals surface area contributed by atoms with Gasteiger partial charge in [-0.2, -0.15) is 0 Å². The quantitative estimate of drug-likeness (QED) is 0.598. The van der Waals surface area contributed by atoms with Gasteiger partial charge in [-0.25, -0.2) is 9.97 Å². The molecule has 3 aromatic rings. The highest BCUT2D eigenvalue weighted by Crippen LogP contribution is 2.29. The molecule has 0 unspecified atom stereocenters. The van der Waals surface area contributed by atoms with E-state index in [-0.39, 0.29) is 0 Å². The normalized spacial score (nSPS) is 11.0. The first-order chi connectivity index (χ1) is 8.63. The molecule has 0 spiro atoms. The molecule has 0 fully saturated rings. The number of nitrogen functional groups attached to an aromatic ring is 1. The Morgan fingerprint density at radius 1 is 1.17 bits per heavy atom. The molecule has 0 atom stereocenters. The highest BCUT2D eigenvalue weighted by molar-refractivity contribution is 14.1. The van der Waals surface area contributed by atoms with Gasteiger partial charge < -0.3 is 10.7 Å². The first-order valence-corrected chi connectivity index (χ1v) is 7.08. The van der Waals surface area contributed by atoms with Gasteiger partial charge in [0.05, 0.1) is 5.52 Å². The minimum atomic E-state index is 0.474. The zero-order chi connectivity index (χ0) is 12.7. The molecule has 0 aliphatic carbocycles. The van der Waals surface area contributed by atoms with E-state index in [1.165, 1.54) is 0 Å². The number of nitrogens with two attached hydrogens (primary N) is 1. The molecule has 0 saturated heterocycles. The maximum Gasteiger partial charge on any atom is 0.180 e. The third-order valence-electron chi connectivity index (χ3n) is 2.55. The van der Waals surface area contributed by atoms with Crippen LogP contribution >= 0.6 is 38.5 Å². The molecule has 1 aromatic carbocycles. The molecule has 0 aliphatic rings. The van der Waals surface area contributed by atoms with Crippen molar-refractivity contribution in [3.05, 3.63) is 38.4 Å². The van der Waals surface area contributed by atoms with Crippen molar-refractivity contribution in [2.24, 2.45) is 0 Å². The summed E-state index contributed by atoms with van der Waals surface area (Å²) in [6.07, 6.45) is 0. The topological polar surface area (TPSA) is 67.6 Å². The fourth-order valence-corrected chi connectivity index (χ4v) is 2.64. The lowest BCUT2D eigenvalue weighted by atomic mass is 10.2. The van der Waals surface area contributed by atoms with Crippen molar-refractivity contribution < 1.29 is 0 Å². The van der Waals surface area contributed by atoms with Gasteiger partial charge in [-0.05, 0) is 52.9 Å². The van der Waals surface area contributed by atoms with Crippen molar-refractivity contribution >= 4 is 55.5 Å². The number of aromatic nitrogens is 3. The van der Waals surface area contributed by atoms with Crippen LogP contribution < -0.4 is 5.73 Å². The van der Waals surface area contributed by atoms with Gasteiger partial charge >= 0.3 is 0 Å². The Morgan fingerprint density at radius 2 is 2.00 bits per heavy atom. The molecule has 0 radical (unpaired) electrons. The van der Waals surface area contributed by atoms with Crippen LogP contribution in [0.25, 0.3) is 22.6 Å². The zero-order valence-corrected chi connectivity index (χ0v) is 12.9. The Bertz CT molecular complexity index is 738.